The summed E-state index contributed by atoms with van der Waals surface area (Å²) in [5.41, 5.74) is 5.44. The van der Waals surface area contributed by atoms with Crippen LogP contribution in [-0.2, 0) is 9.53 Å². The van der Waals surface area contributed by atoms with Crippen molar-refractivity contribution in [3.8, 4) is 5.75 Å². The van der Waals surface area contributed by atoms with Gasteiger partial charge in [-0.1, -0.05) is 0 Å². The number of esters is 1. The summed E-state index contributed by atoms with van der Waals surface area (Å²) in [5.74, 6) is -0.492. The van der Waals surface area contributed by atoms with Crippen molar-refractivity contribution in [2.24, 2.45) is 5.73 Å². The van der Waals surface area contributed by atoms with Gasteiger partial charge in [0.1, 0.15) is 5.75 Å². The maximum absolute atomic E-state index is 10.7. The molecule has 15 heavy (non-hydrogen) atoms. The minimum atomic E-state index is -0.505. The van der Waals surface area contributed by atoms with Gasteiger partial charge in [-0.05, 0) is 24.3 Å². The summed E-state index contributed by atoms with van der Waals surface area (Å²) in [4.78, 5) is 21.5. The average molecular weight is 209 g/mol. The monoisotopic (exact) mass is 209 g/mol. The van der Waals surface area contributed by atoms with Crippen molar-refractivity contribution in [2.45, 2.75) is 0 Å². The smallest absolute Gasteiger partial charge is 0.343 e. The Labute approximate surface area is 86.8 Å². The highest BCUT2D eigenvalue weighted by molar-refractivity contribution is 5.92. The van der Waals surface area contributed by atoms with Crippen molar-refractivity contribution >= 4 is 11.9 Å². The van der Waals surface area contributed by atoms with Crippen molar-refractivity contribution in [3.05, 3.63) is 29.8 Å². The van der Waals surface area contributed by atoms with E-state index in [1.54, 1.807) is 12.1 Å². The van der Waals surface area contributed by atoms with E-state index in [0.29, 0.717) is 11.3 Å². The summed E-state index contributed by atoms with van der Waals surface area (Å²) < 4.78 is 9.46. The zero-order valence-corrected chi connectivity index (χ0v) is 8.23. The first-order valence-corrected chi connectivity index (χ1v) is 4.23. The minimum Gasteiger partial charge on any atom is -0.482 e. The zero-order chi connectivity index (χ0) is 11.3. The van der Waals surface area contributed by atoms with Crippen LogP contribution in [0.25, 0.3) is 0 Å². The number of primary amides is 1. The first-order valence-electron chi connectivity index (χ1n) is 4.23. The van der Waals surface area contributed by atoms with Crippen LogP contribution in [0.4, 0.5) is 0 Å². The van der Waals surface area contributed by atoms with Gasteiger partial charge < -0.3 is 15.2 Å². The normalized spacial score (nSPS) is 9.40. The summed E-state index contributed by atoms with van der Waals surface area (Å²) in [6.07, 6.45) is 0. The molecule has 0 bridgehead atoms. The fourth-order valence-electron chi connectivity index (χ4n) is 0.917. The van der Waals surface area contributed by atoms with Crippen LogP contribution >= 0.6 is 0 Å². The quantitative estimate of drug-likeness (QED) is 0.725. The van der Waals surface area contributed by atoms with Crippen LogP contribution in [0, 0.1) is 0 Å². The number of benzene rings is 1. The molecule has 0 unspecified atom stereocenters. The lowest BCUT2D eigenvalue weighted by Crippen LogP contribution is -2.13. The Hall–Kier alpha value is -2.04. The van der Waals surface area contributed by atoms with Crippen LogP contribution in [0.3, 0.4) is 0 Å². The second kappa shape index (κ2) is 4.99. The summed E-state index contributed by atoms with van der Waals surface area (Å²) in [5, 5.41) is 0. The Bertz CT molecular complexity index is 358. The molecule has 1 aromatic rings. The number of nitrogens with two attached hydrogens (primary N) is 1. The van der Waals surface area contributed by atoms with Gasteiger partial charge in [0.2, 0.25) is 5.91 Å². The fraction of sp³-hybridized carbons (Fsp3) is 0.200. The van der Waals surface area contributed by atoms with Crippen LogP contribution in [0.5, 0.6) is 5.75 Å². The number of hydrogen-bond acceptors (Lipinski definition) is 4. The summed E-state index contributed by atoms with van der Waals surface area (Å²) >= 11 is 0. The molecule has 0 saturated carbocycles. The third-order valence-corrected chi connectivity index (χ3v) is 1.72. The van der Waals surface area contributed by atoms with E-state index < -0.39 is 11.9 Å². The standard InChI is InChI=1S/C10H11NO4/c1-14-9(12)6-15-8-4-2-7(3-5-8)10(11)13/h2-5H,6H2,1H3,(H2,11,13). The molecule has 1 aromatic carbocycles. The second-order valence-electron chi connectivity index (χ2n) is 2.75. The molecule has 0 fully saturated rings. The number of carbonyl (C=O) groups excluding carboxylic acids is 2. The van der Waals surface area contributed by atoms with E-state index in [2.05, 4.69) is 4.74 Å². The van der Waals surface area contributed by atoms with E-state index in [0.717, 1.165) is 0 Å². The van der Waals surface area contributed by atoms with E-state index in [9.17, 15) is 9.59 Å². The maximum Gasteiger partial charge on any atom is 0.343 e. The molecule has 0 spiro atoms. The molecule has 80 valence electrons. The van der Waals surface area contributed by atoms with Gasteiger partial charge in [0.15, 0.2) is 6.61 Å². The van der Waals surface area contributed by atoms with E-state index in [-0.39, 0.29) is 6.61 Å². The van der Waals surface area contributed by atoms with Gasteiger partial charge >= 0.3 is 5.97 Å². The van der Waals surface area contributed by atoms with Crippen molar-refractivity contribution in [2.75, 3.05) is 13.7 Å². The van der Waals surface area contributed by atoms with Gasteiger partial charge in [0.25, 0.3) is 0 Å². The number of hydrogen-bond donors (Lipinski definition) is 1. The molecule has 0 saturated heterocycles. The molecule has 0 aliphatic heterocycles. The summed E-state index contributed by atoms with van der Waals surface area (Å²) in [6.45, 7) is -0.160. The van der Waals surface area contributed by atoms with Crippen LogP contribution in [0.2, 0.25) is 0 Å². The maximum atomic E-state index is 10.7. The Morgan fingerprint density at radius 2 is 1.87 bits per heavy atom. The summed E-state index contributed by atoms with van der Waals surface area (Å²) in [7, 11) is 1.28. The highest BCUT2D eigenvalue weighted by Gasteiger charge is 2.03. The van der Waals surface area contributed by atoms with Crippen LogP contribution in [0.1, 0.15) is 10.4 Å². The largest absolute Gasteiger partial charge is 0.482 e. The third-order valence-electron chi connectivity index (χ3n) is 1.72. The van der Waals surface area contributed by atoms with Crippen LogP contribution in [0.15, 0.2) is 24.3 Å². The first kappa shape index (κ1) is 11.0. The topological polar surface area (TPSA) is 78.6 Å². The molecule has 0 aliphatic carbocycles. The Balaban J connectivity index is 2.57. The molecule has 0 radical (unpaired) electrons. The van der Waals surface area contributed by atoms with Gasteiger partial charge in [0.05, 0.1) is 7.11 Å². The molecular formula is C10H11NO4. The number of amides is 1. The van der Waals surface area contributed by atoms with E-state index in [1.807, 2.05) is 0 Å². The number of methoxy groups -OCH3 is 1. The molecule has 0 atom stereocenters. The predicted molar refractivity (Wildman–Crippen MR) is 52.5 cm³/mol. The van der Waals surface area contributed by atoms with Crippen LogP contribution in [-0.4, -0.2) is 25.6 Å². The minimum absolute atomic E-state index is 0.160. The highest BCUT2D eigenvalue weighted by atomic mass is 16.6. The average Bonchev–Trinajstić information content (AvgIpc) is 2.26. The second-order valence-corrected chi connectivity index (χ2v) is 2.75. The lowest BCUT2D eigenvalue weighted by atomic mass is 10.2. The van der Waals surface area contributed by atoms with Crippen molar-refractivity contribution in [1.29, 1.82) is 0 Å². The number of ether oxygens (including phenoxy) is 2. The lowest BCUT2D eigenvalue weighted by Gasteiger charge is -2.04. The van der Waals surface area contributed by atoms with Gasteiger partial charge in [-0.25, -0.2) is 4.79 Å². The Kier molecular flexibility index (Phi) is 3.68. The van der Waals surface area contributed by atoms with Gasteiger partial charge in [-0.15, -0.1) is 0 Å². The Morgan fingerprint density at radius 1 is 1.27 bits per heavy atom. The van der Waals surface area contributed by atoms with Gasteiger partial charge in [-0.3, -0.25) is 4.79 Å². The fourth-order valence-corrected chi connectivity index (χ4v) is 0.917. The Morgan fingerprint density at radius 3 is 2.33 bits per heavy atom. The molecule has 0 aliphatic rings. The SMILES string of the molecule is COC(=O)COc1ccc(C(N)=O)cc1. The molecule has 5 nitrogen and oxygen atoms in total. The predicted octanol–water partition coefficient (Wildman–Crippen LogP) is 0.337. The van der Waals surface area contributed by atoms with Crippen molar-refractivity contribution < 1.29 is 19.1 Å². The molecule has 1 rings (SSSR count). The van der Waals surface area contributed by atoms with Crippen molar-refractivity contribution in [3.63, 3.8) is 0 Å². The van der Waals surface area contributed by atoms with Gasteiger partial charge in [0, 0.05) is 5.56 Å². The number of rotatable bonds is 4. The van der Waals surface area contributed by atoms with E-state index in [4.69, 9.17) is 10.5 Å². The highest BCUT2D eigenvalue weighted by Crippen LogP contribution is 2.11. The van der Waals surface area contributed by atoms with Crippen LogP contribution < -0.4 is 10.5 Å². The molecule has 2 N–H and O–H groups in total. The molecule has 0 heterocycles. The molecular weight excluding hydrogens is 198 g/mol. The van der Waals surface area contributed by atoms with Crippen molar-refractivity contribution in [1.82, 2.24) is 0 Å². The summed E-state index contributed by atoms with van der Waals surface area (Å²) in [6, 6.07) is 6.16. The third kappa shape index (κ3) is 3.30. The number of carbonyl (C=O) groups is 2. The lowest BCUT2D eigenvalue weighted by molar-refractivity contribution is -0.142. The zero-order valence-electron chi connectivity index (χ0n) is 8.23. The molecule has 0 aromatic heterocycles. The molecule has 5 heteroatoms. The van der Waals surface area contributed by atoms with E-state index >= 15 is 0 Å². The van der Waals surface area contributed by atoms with E-state index in [1.165, 1.54) is 19.2 Å². The van der Waals surface area contributed by atoms with Gasteiger partial charge in [-0.2, -0.15) is 0 Å². The first-order chi connectivity index (χ1) is 7.13. The molecule has 1 amide bonds.